The van der Waals surface area contributed by atoms with Crippen LogP contribution >= 0.6 is 11.6 Å². The fourth-order valence-electron chi connectivity index (χ4n) is 3.44. The number of hydrogen-bond acceptors (Lipinski definition) is 7. The topological polar surface area (TPSA) is 114 Å². The third-order valence-corrected chi connectivity index (χ3v) is 5.69. The lowest BCUT2D eigenvalue weighted by molar-refractivity contribution is -0.120. The first-order valence-corrected chi connectivity index (χ1v) is 11.0. The number of nitrogens with one attached hydrogen (secondary N) is 2. The van der Waals surface area contributed by atoms with Crippen LogP contribution in [0.2, 0.25) is 0 Å². The first-order valence-electron chi connectivity index (χ1n) is 10.6. The molecule has 10 heteroatoms. The number of nitrogens with zero attached hydrogens (tertiary/aromatic N) is 1. The molecule has 0 radical (unpaired) electrons. The van der Waals surface area contributed by atoms with Crippen molar-refractivity contribution < 1.29 is 28.7 Å². The number of amides is 3. The van der Waals surface area contributed by atoms with Crippen molar-refractivity contribution in [3.63, 3.8) is 0 Å². The molecule has 1 aliphatic rings. The Bertz CT molecular complexity index is 1370. The second kappa shape index (κ2) is 10.3. The normalized spacial score (nSPS) is 13.0. The van der Waals surface area contributed by atoms with Gasteiger partial charge in [-0.15, -0.1) is 0 Å². The van der Waals surface area contributed by atoms with Crippen LogP contribution in [0.4, 0.5) is 17.1 Å². The molecule has 2 N–H and O–H groups in total. The van der Waals surface area contributed by atoms with Gasteiger partial charge in [-0.1, -0.05) is 11.6 Å². The summed E-state index contributed by atoms with van der Waals surface area (Å²) in [5.41, 5.74) is 1.86. The van der Waals surface area contributed by atoms with Gasteiger partial charge >= 0.3 is 5.97 Å². The van der Waals surface area contributed by atoms with E-state index in [1.54, 1.807) is 55.6 Å². The zero-order chi connectivity index (χ0) is 25.8. The van der Waals surface area contributed by atoms with Crippen LogP contribution in [0, 0.1) is 0 Å². The van der Waals surface area contributed by atoms with Crippen LogP contribution in [-0.2, 0) is 14.3 Å². The van der Waals surface area contributed by atoms with Crippen molar-refractivity contribution in [2.45, 2.75) is 0 Å². The van der Waals surface area contributed by atoms with E-state index in [1.165, 1.54) is 31.4 Å². The predicted octanol–water partition coefficient (Wildman–Crippen LogP) is 4.17. The molecule has 0 aromatic heterocycles. The molecule has 0 saturated carbocycles. The lowest BCUT2D eigenvalue weighted by atomic mass is 10.2. The maximum atomic E-state index is 13.0. The van der Waals surface area contributed by atoms with Crippen molar-refractivity contribution in [3.8, 4) is 5.75 Å². The number of ether oxygens (including phenoxy) is 2. The SMILES string of the molecule is COC(=O)c1ccc(N2C(=O)C(Cl)=C(Nc3ccc(C(=O)Nc4ccc(OC)cc4)cc3)C2=O)cc1. The number of carbonyl (C=O) groups excluding carboxylic acids is 4. The van der Waals surface area contributed by atoms with E-state index in [4.69, 9.17) is 16.3 Å². The molecule has 1 aliphatic heterocycles. The minimum Gasteiger partial charge on any atom is -0.497 e. The average molecular weight is 506 g/mol. The molecule has 0 aliphatic carbocycles. The molecule has 0 atom stereocenters. The Balaban J connectivity index is 1.45. The molecule has 0 spiro atoms. The lowest BCUT2D eigenvalue weighted by Gasteiger charge is -2.15. The van der Waals surface area contributed by atoms with E-state index in [2.05, 4.69) is 15.4 Å². The second-order valence-electron chi connectivity index (χ2n) is 7.56. The van der Waals surface area contributed by atoms with Crippen LogP contribution in [0.3, 0.4) is 0 Å². The van der Waals surface area contributed by atoms with E-state index >= 15 is 0 Å². The zero-order valence-corrected chi connectivity index (χ0v) is 20.0. The number of esters is 1. The van der Waals surface area contributed by atoms with E-state index in [1.807, 2.05) is 0 Å². The highest BCUT2D eigenvalue weighted by molar-refractivity contribution is 6.53. The number of halogens is 1. The molecule has 0 fully saturated rings. The fraction of sp³-hybridized carbons (Fsp3) is 0.0769. The van der Waals surface area contributed by atoms with Gasteiger partial charge in [-0.3, -0.25) is 14.4 Å². The Morgan fingerprint density at radius 1 is 0.778 bits per heavy atom. The van der Waals surface area contributed by atoms with Crippen LogP contribution in [0.1, 0.15) is 20.7 Å². The van der Waals surface area contributed by atoms with Crippen molar-refractivity contribution >= 4 is 52.4 Å². The van der Waals surface area contributed by atoms with Gasteiger partial charge < -0.3 is 20.1 Å². The molecule has 0 saturated heterocycles. The molecule has 0 unspecified atom stereocenters. The largest absolute Gasteiger partial charge is 0.497 e. The number of methoxy groups -OCH3 is 2. The van der Waals surface area contributed by atoms with Crippen LogP contribution in [-0.4, -0.2) is 37.9 Å². The Kier molecular flexibility index (Phi) is 7.03. The molecule has 4 rings (SSSR count). The Labute approximate surface area is 211 Å². The van der Waals surface area contributed by atoms with Crippen LogP contribution < -0.4 is 20.3 Å². The Morgan fingerprint density at radius 3 is 1.94 bits per heavy atom. The van der Waals surface area contributed by atoms with Crippen molar-refractivity contribution in [2.75, 3.05) is 29.8 Å². The Hall–Kier alpha value is -4.63. The van der Waals surface area contributed by atoms with Gasteiger partial charge in [0.1, 0.15) is 16.5 Å². The summed E-state index contributed by atoms with van der Waals surface area (Å²) in [4.78, 5) is 50.7. The zero-order valence-electron chi connectivity index (χ0n) is 19.2. The van der Waals surface area contributed by atoms with Crippen molar-refractivity contribution in [2.24, 2.45) is 0 Å². The van der Waals surface area contributed by atoms with E-state index < -0.39 is 17.8 Å². The summed E-state index contributed by atoms with van der Waals surface area (Å²) in [5.74, 6) is -1.55. The van der Waals surface area contributed by atoms with Crippen LogP contribution in [0.15, 0.2) is 83.5 Å². The summed E-state index contributed by atoms with van der Waals surface area (Å²) in [5, 5.41) is 5.36. The first-order chi connectivity index (χ1) is 17.3. The Morgan fingerprint density at radius 2 is 1.36 bits per heavy atom. The van der Waals surface area contributed by atoms with E-state index in [0.717, 1.165) is 4.90 Å². The minimum atomic E-state index is -0.703. The van der Waals surface area contributed by atoms with Gasteiger partial charge in [-0.25, -0.2) is 9.69 Å². The molecule has 3 aromatic carbocycles. The van der Waals surface area contributed by atoms with Crippen molar-refractivity contribution in [1.82, 2.24) is 0 Å². The van der Waals surface area contributed by atoms with Gasteiger partial charge in [-0.05, 0) is 72.8 Å². The number of carbonyl (C=O) groups is 4. The molecule has 3 aromatic rings. The lowest BCUT2D eigenvalue weighted by Crippen LogP contribution is -2.32. The fourth-order valence-corrected chi connectivity index (χ4v) is 3.65. The minimum absolute atomic E-state index is 0.103. The number of anilines is 3. The molecule has 182 valence electrons. The van der Waals surface area contributed by atoms with Crippen molar-refractivity contribution in [1.29, 1.82) is 0 Å². The summed E-state index contributed by atoms with van der Waals surface area (Å²) in [7, 11) is 2.81. The van der Waals surface area contributed by atoms with Gasteiger partial charge in [0.2, 0.25) is 0 Å². The van der Waals surface area contributed by atoms with Crippen LogP contribution in [0.5, 0.6) is 5.75 Å². The van der Waals surface area contributed by atoms with Gasteiger partial charge in [0.05, 0.1) is 25.5 Å². The molecule has 36 heavy (non-hydrogen) atoms. The van der Waals surface area contributed by atoms with Gasteiger partial charge in [0.15, 0.2) is 0 Å². The summed E-state index contributed by atoms with van der Waals surface area (Å²) in [6, 6.07) is 19.0. The number of hydrogen-bond donors (Lipinski definition) is 2. The summed E-state index contributed by atoms with van der Waals surface area (Å²) >= 11 is 6.17. The highest BCUT2D eigenvalue weighted by atomic mass is 35.5. The van der Waals surface area contributed by atoms with Gasteiger partial charge in [-0.2, -0.15) is 0 Å². The predicted molar refractivity (Wildman–Crippen MR) is 134 cm³/mol. The smallest absolute Gasteiger partial charge is 0.337 e. The highest BCUT2D eigenvalue weighted by Gasteiger charge is 2.39. The van der Waals surface area contributed by atoms with Crippen molar-refractivity contribution in [3.05, 3.63) is 94.7 Å². The average Bonchev–Trinajstić information content (AvgIpc) is 3.12. The molecular formula is C26H20ClN3O6. The van der Waals surface area contributed by atoms with Crippen LogP contribution in [0.25, 0.3) is 0 Å². The van der Waals surface area contributed by atoms with E-state index in [0.29, 0.717) is 22.7 Å². The maximum Gasteiger partial charge on any atom is 0.337 e. The monoisotopic (exact) mass is 505 g/mol. The summed E-state index contributed by atoms with van der Waals surface area (Å²) in [6.07, 6.45) is 0. The number of rotatable bonds is 7. The van der Waals surface area contributed by atoms with E-state index in [-0.39, 0.29) is 27.9 Å². The third-order valence-electron chi connectivity index (χ3n) is 5.34. The first kappa shape index (κ1) is 24.5. The molecule has 1 heterocycles. The number of benzene rings is 3. The third kappa shape index (κ3) is 4.91. The number of imide groups is 1. The maximum absolute atomic E-state index is 13.0. The molecule has 0 bridgehead atoms. The highest BCUT2D eigenvalue weighted by Crippen LogP contribution is 2.30. The molecule has 3 amide bonds. The standard InChI is InChI=1S/C26H20ClN3O6/c1-35-20-13-9-18(10-14-20)29-23(31)15-3-7-17(8-4-15)28-22-21(27)24(32)30(25(22)33)19-11-5-16(6-12-19)26(34)36-2/h3-14,28H,1-2H3,(H,29,31). The van der Waals surface area contributed by atoms with E-state index in [9.17, 15) is 19.2 Å². The summed E-state index contributed by atoms with van der Waals surface area (Å²) in [6.45, 7) is 0. The molecule has 9 nitrogen and oxygen atoms in total. The summed E-state index contributed by atoms with van der Waals surface area (Å²) < 4.78 is 9.75. The van der Waals surface area contributed by atoms with Gasteiger partial charge in [0.25, 0.3) is 17.7 Å². The molecular weight excluding hydrogens is 486 g/mol. The van der Waals surface area contributed by atoms with Gasteiger partial charge in [0, 0.05) is 16.9 Å². The quantitative estimate of drug-likeness (QED) is 0.366. The second-order valence-corrected chi connectivity index (χ2v) is 7.94.